The summed E-state index contributed by atoms with van der Waals surface area (Å²) in [5.74, 6) is -2.30. The first-order valence-corrected chi connectivity index (χ1v) is 8.45. The van der Waals surface area contributed by atoms with Crippen molar-refractivity contribution in [1.82, 2.24) is 5.32 Å². The first kappa shape index (κ1) is 14.3. The molecule has 0 aromatic heterocycles. The highest BCUT2D eigenvalue weighted by Crippen LogP contribution is 2.30. The predicted molar refractivity (Wildman–Crippen MR) is 68.3 cm³/mol. The second-order valence-electron chi connectivity index (χ2n) is 5.44. The second-order valence-corrected chi connectivity index (χ2v) is 7.67. The summed E-state index contributed by atoms with van der Waals surface area (Å²) in [6.45, 7) is 0. The minimum absolute atomic E-state index is 0.0246. The zero-order chi connectivity index (χ0) is 14.0. The molecule has 1 aliphatic heterocycles. The van der Waals surface area contributed by atoms with E-state index in [9.17, 15) is 18.0 Å². The zero-order valence-corrected chi connectivity index (χ0v) is 11.5. The first-order chi connectivity index (χ1) is 8.89. The van der Waals surface area contributed by atoms with Crippen LogP contribution in [0.25, 0.3) is 0 Å². The van der Waals surface area contributed by atoms with E-state index in [0.29, 0.717) is 19.3 Å². The van der Waals surface area contributed by atoms with Gasteiger partial charge in [0.1, 0.15) is 0 Å². The minimum Gasteiger partial charge on any atom is -0.481 e. The van der Waals surface area contributed by atoms with E-state index in [1.54, 1.807) is 0 Å². The quantitative estimate of drug-likeness (QED) is 0.772. The maximum atomic E-state index is 12.1. The van der Waals surface area contributed by atoms with E-state index in [4.69, 9.17) is 5.11 Å². The van der Waals surface area contributed by atoms with Crippen LogP contribution in [0.2, 0.25) is 0 Å². The number of carboxylic acid groups (broad SMARTS) is 1. The number of aliphatic carboxylic acids is 1. The topological polar surface area (TPSA) is 101 Å². The van der Waals surface area contributed by atoms with Crippen molar-refractivity contribution in [3.63, 3.8) is 0 Å². The van der Waals surface area contributed by atoms with Crippen LogP contribution in [0.5, 0.6) is 0 Å². The van der Waals surface area contributed by atoms with Crippen LogP contribution in [0.1, 0.15) is 32.1 Å². The highest BCUT2D eigenvalue weighted by atomic mass is 32.2. The molecular weight excluding hydrogens is 270 g/mol. The highest BCUT2D eigenvalue weighted by Gasteiger charge is 2.37. The molecule has 2 rings (SSSR count). The summed E-state index contributed by atoms with van der Waals surface area (Å²) in [6, 6.07) is -0.353. The molecule has 1 saturated heterocycles. The summed E-state index contributed by atoms with van der Waals surface area (Å²) in [4.78, 5) is 23.2. The van der Waals surface area contributed by atoms with Crippen molar-refractivity contribution < 1.29 is 23.1 Å². The van der Waals surface area contributed by atoms with Crippen LogP contribution in [0.3, 0.4) is 0 Å². The van der Waals surface area contributed by atoms with Crippen LogP contribution in [0.4, 0.5) is 0 Å². The molecule has 0 aromatic carbocycles. The fourth-order valence-electron chi connectivity index (χ4n) is 2.96. The van der Waals surface area contributed by atoms with Gasteiger partial charge in [0, 0.05) is 6.04 Å². The molecule has 1 saturated carbocycles. The monoisotopic (exact) mass is 289 g/mol. The Morgan fingerprint density at radius 3 is 2.21 bits per heavy atom. The number of hydrogen-bond acceptors (Lipinski definition) is 4. The van der Waals surface area contributed by atoms with E-state index >= 15 is 0 Å². The normalized spacial score (nSPS) is 33.8. The van der Waals surface area contributed by atoms with Gasteiger partial charge in [0.2, 0.25) is 5.91 Å². The lowest BCUT2D eigenvalue weighted by Gasteiger charge is -2.28. The lowest BCUT2D eigenvalue weighted by Crippen LogP contribution is -2.44. The SMILES string of the molecule is O=C(O)[C@H]1CCCC[C@H]1C(=O)NC1CCS(=O)(=O)C1. The Bertz CT molecular complexity index is 473. The molecule has 0 aromatic rings. The van der Waals surface area contributed by atoms with Crippen LogP contribution in [0.15, 0.2) is 0 Å². The molecule has 3 atom stereocenters. The molecule has 1 amide bonds. The van der Waals surface area contributed by atoms with Gasteiger partial charge >= 0.3 is 5.97 Å². The number of nitrogens with one attached hydrogen (secondary N) is 1. The number of sulfone groups is 1. The minimum atomic E-state index is -3.03. The van der Waals surface area contributed by atoms with E-state index in [1.165, 1.54) is 0 Å². The molecule has 108 valence electrons. The van der Waals surface area contributed by atoms with Crippen molar-refractivity contribution in [1.29, 1.82) is 0 Å². The van der Waals surface area contributed by atoms with Crippen molar-refractivity contribution in [2.45, 2.75) is 38.1 Å². The third kappa shape index (κ3) is 3.46. The zero-order valence-electron chi connectivity index (χ0n) is 10.7. The Morgan fingerprint density at radius 2 is 1.68 bits per heavy atom. The summed E-state index contributed by atoms with van der Waals surface area (Å²) in [6.07, 6.45) is 3.21. The molecular formula is C12H19NO5S. The summed E-state index contributed by atoms with van der Waals surface area (Å²) in [5, 5.41) is 11.8. The van der Waals surface area contributed by atoms with E-state index < -0.39 is 27.6 Å². The van der Waals surface area contributed by atoms with E-state index in [1.807, 2.05) is 0 Å². The summed E-state index contributed by atoms with van der Waals surface area (Å²) in [5.41, 5.74) is 0. The molecule has 1 aliphatic carbocycles. The van der Waals surface area contributed by atoms with E-state index in [0.717, 1.165) is 12.8 Å². The molecule has 19 heavy (non-hydrogen) atoms. The van der Waals surface area contributed by atoms with Crippen molar-refractivity contribution in [3.8, 4) is 0 Å². The third-order valence-corrected chi connectivity index (χ3v) is 5.77. The maximum absolute atomic E-state index is 12.1. The number of carbonyl (C=O) groups is 2. The molecule has 7 heteroatoms. The van der Waals surface area contributed by atoms with Gasteiger partial charge in [0.05, 0.1) is 23.3 Å². The molecule has 6 nitrogen and oxygen atoms in total. The summed E-state index contributed by atoms with van der Waals surface area (Å²) < 4.78 is 22.7. The number of rotatable bonds is 3. The van der Waals surface area contributed by atoms with Crippen molar-refractivity contribution in [2.75, 3.05) is 11.5 Å². The molecule has 2 fully saturated rings. The van der Waals surface area contributed by atoms with Gasteiger partial charge in [0.25, 0.3) is 0 Å². The lowest BCUT2D eigenvalue weighted by atomic mass is 9.78. The molecule has 1 unspecified atom stereocenters. The first-order valence-electron chi connectivity index (χ1n) is 6.62. The molecule has 0 radical (unpaired) electrons. The lowest BCUT2D eigenvalue weighted by molar-refractivity contribution is -0.149. The maximum Gasteiger partial charge on any atom is 0.307 e. The van der Waals surface area contributed by atoms with E-state index in [-0.39, 0.29) is 23.5 Å². The van der Waals surface area contributed by atoms with Gasteiger partial charge in [-0.05, 0) is 19.3 Å². The van der Waals surface area contributed by atoms with Gasteiger partial charge in [-0.25, -0.2) is 8.42 Å². The highest BCUT2D eigenvalue weighted by molar-refractivity contribution is 7.91. The fourth-order valence-corrected chi connectivity index (χ4v) is 4.63. The van der Waals surface area contributed by atoms with Gasteiger partial charge in [-0.2, -0.15) is 0 Å². The van der Waals surface area contributed by atoms with Gasteiger partial charge in [-0.1, -0.05) is 12.8 Å². The molecule has 2 aliphatic rings. The predicted octanol–water partition coefficient (Wildman–Crippen LogP) is 0.181. The Hall–Kier alpha value is -1.11. The number of carboxylic acids is 1. The Balaban J connectivity index is 1.97. The summed E-state index contributed by atoms with van der Waals surface area (Å²) >= 11 is 0. The largest absolute Gasteiger partial charge is 0.481 e. The van der Waals surface area contributed by atoms with Gasteiger partial charge in [-0.3, -0.25) is 9.59 Å². The van der Waals surface area contributed by atoms with Crippen LogP contribution >= 0.6 is 0 Å². The second kappa shape index (κ2) is 5.48. The van der Waals surface area contributed by atoms with Crippen LogP contribution in [-0.4, -0.2) is 42.9 Å². The molecule has 0 bridgehead atoms. The Morgan fingerprint density at radius 1 is 1.05 bits per heavy atom. The Labute approximate surface area is 112 Å². The van der Waals surface area contributed by atoms with Crippen LogP contribution in [0, 0.1) is 11.8 Å². The Kier molecular flexibility index (Phi) is 4.13. The third-order valence-electron chi connectivity index (χ3n) is 4.00. The van der Waals surface area contributed by atoms with E-state index in [2.05, 4.69) is 5.32 Å². The van der Waals surface area contributed by atoms with Crippen molar-refractivity contribution >= 4 is 21.7 Å². The smallest absolute Gasteiger partial charge is 0.307 e. The number of amides is 1. The standard InChI is InChI=1S/C12H19NO5S/c14-11(13-8-5-6-19(17,18)7-8)9-3-1-2-4-10(9)12(15)16/h8-10H,1-7H2,(H,13,14)(H,15,16)/t8?,9-,10+/m1/s1. The van der Waals surface area contributed by atoms with Gasteiger partial charge in [-0.15, -0.1) is 0 Å². The number of hydrogen-bond donors (Lipinski definition) is 2. The average molecular weight is 289 g/mol. The molecule has 2 N–H and O–H groups in total. The van der Waals surface area contributed by atoms with Gasteiger partial charge in [0.15, 0.2) is 9.84 Å². The number of carbonyl (C=O) groups excluding carboxylic acids is 1. The molecule has 1 heterocycles. The average Bonchev–Trinajstić information content (AvgIpc) is 2.68. The fraction of sp³-hybridized carbons (Fsp3) is 0.833. The van der Waals surface area contributed by atoms with Crippen LogP contribution < -0.4 is 5.32 Å². The van der Waals surface area contributed by atoms with Crippen LogP contribution in [-0.2, 0) is 19.4 Å². The van der Waals surface area contributed by atoms with Crippen molar-refractivity contribution in [2.24, 2.45) is 11.8 Å². The molecule has 0 spiro atoms. The summed E-state index contributed by atoms with van der Waals surface area (Å²) in [7, 11) is -3.03. The van der Waals surface area contributed by atoms with Crippen molar-refractivity contribution in [3.05, 3.63) is 0 Å². The van der Waals surface area contributed by atoms with Gasteiger partial charge < -0.3 is 10.4 Å².